The summed E-state index contributed by atoms with van der Waals surface area (Å²) in [7, 11) is 1.71. The third-order valence-corrected chi connectivity index (χ3v) is 1.93. The summed E-state index contributed by atoms with van der Waals surface area (Å²) in [5.41, 5.74) is 0. The number of nitrogens with zero attached hydrogens (tertiary/aromatic N) is 1. The van der Waals surface area contributed by atoms with Gasteiger partial charge in [0, 0.05) is 13.6 Å². The second-order valence-corrected chi connectivity index (χ2v) is 2.88. The van der Waals surface area contributed by atoms with Crippen LogP contribution in [0.1, 0.15) is 6.42 Å². The summed E-state index contributed by atoms with van der Waals surface area (Å²) in [6.45, 7) is 0.556. The fraction of sp³-hybridized carbons (Fsp3) is 0.714. The number of hydrogen-bond donors (Lipinski definition) is 2. The van der Waals surface area contributed by atoms with Gasteiger partial charge in [0.15, 0.2) is 0 Å². The standard InChI is InChI=1S/C7H12N2O3/c1-9-3-2-5(7(9)12)8-4-6(10)11/h5,8H,2-4H2,1H3,(H,10,11). The van der Waals surface area contributed by atoms with Gasteiger partial charge in [-0.2, -0.15) is 0 Å². The van der Waals surface area contributed by atoms with Crippen LogP contribution >= 0.6 is 0 Å². The summed E-state index contributed by atoms with van der Waals surface area (Å²) >= 11 is 0. The van der Waals surface area contributed by atoms with E-state index in [-0.39, 0.29) is 18.5 Å². The lowest BCUT2D eigenvalue weighted by molar-refractivity contribution is -0.136. The molecule has 1 amide bonds. The molecule has 1 unspecified atom stereocenters. The van der Waals surface area contributed by atoms with Crippen molar-refractivity contribution in [3.05, 3.63) is 0 Å². The lowest BCUT2D eigenvalue weighted by atomic mass is 10.2. The summed E-state index contributed by atoms with van der Waals surface area (Å²) in [4.78, 5) is 22.9. The average molecular weight is 172 g/mol. The number of rotatable bonds is 3. The van der Waals surface area contributed by atoms with E-state index >= 15 is 0 Å². The zero-order valence-electron chi connectivity index (χ0n) is 6.91. The number of likely N-dealkylation sites (N-methyl/N-ethyl adjacent to an activating group) is 1. The highest BCUT2D eigenvalue weighted by Crippen LogP contribution is 2.07. The Morgan fingerprint density at radius 3 is 2.92 bits per heavy atom. The monoisotopic (exact) mass is 172 g/mol. The first-order chi connectivity index (χ1) is 5.61. The van der Waals surface area contributed by atoms with E-state index in [1.807, 2.05) is 0 Å². The van der Waals surface area contributed by atoms with E-state index in [4.69, 9.17) is 5.11 Å². The summed E-state index contributed by atoms with van der Waals surface area (Å²) in [5, 5.41) is 11.0. The van der Waals surface area contributed by atoms with Gasteiger partial charge in [-0.05, 0) is 6.42 Å². The Labute approximate surface area is 70.4 Å². The van der Waals surface area contributed by atoms with Crippen LogP contribution < -0.4 is 5.32 Å². The normalized spacial score (nSPS) is 23.2. The van der Waals surface area contributed by atoms with Gasteiger partial charge in [-0.25, -0.2) is 0 Å². The number of aliphatic carboxylic acids is 1. The summed E-state index contributed by atoms with van der Waals surface area (Å²) in [6.07, 6.45) is 0.697. The molecule has 0 aromatic heterocycles. The summed E-state index contributed by atoms with van der Waals surface area (Å²) < 4.78 is 0. The molecule has 1 atom stereocenters. The Kier molecular flexibility index (Phi) is 2.65. The van der Waals surface area contributed by atoms with Crippen LogP contribution in [0, 0.1) is 0 Å². The van der Waals surface area contributed by atoms with Crippen molar-refractivity contribution in [3.63, 3.8) is 0 Å². The Morgan fingerprint density at radius 2 is 2.50 bits per heavy atom. The Balaban J connectivity index is 2.34. The van der Waals surface area contributed by atoms with Crippen molar-refractivity contribution >= 4 is 11.9 Å². The third kappa shape index (κ3) is 1.94. The molecule has 12 heavy (non-hydrogen) atoms. The lowest BCUT2D eigenvalue weighted by Gasteiger charge is -2.09. The molecule has 1 fully saturated rings. The van der Waals surface area contributed by atoms with Crippen LogP contribution in [0.5, 0.6) is 0 Å². The zero-order valence-corrected chi connectivity index (χ0v) is 6.91. The van der Waals surface area contributed by atoms with Gasteiger partial charge >= 0.3 is 5.97 Å². The molecule has 0 radical (unpaired) electrons. The van der Waals surface area contributed by atoms with Gasteiger partial charge in [-0.15, -0.1) is 0 Å². The smallest absolute Gasteiger partial charge is 0.317 e. The van der Waals surface area contributed by atoms with Crippen molar-refractivity contribution in [1.29, 1.82) is 0 Å². The van der Waals surface area contributed by atoms with E-state index in [1.54, 1.807) is 11.9 Å². The number of nitrogens with one attached hydrogen (secondary N) is 1. The predicted molar refractivity (Wildman–Crippen MR) is 41.7 cm³/mol. The number of carboxylic acid groups (broad SMARTS) is 1. The third-order valence-electron chi connectivity index (χ3n) is 1.93. The topological polar surface area (TPSA) is 69.6 Å². The van der Waals surface area contributed by atoms with E-state index in [1.165, 1.54) is 0 Å². The number of carbonyl (C=O) groups excluding carboxylic acids is 1. The molecule has 0 aromatic carbocycles. The van der Waals surface area contributed by atoms with Crippen LogP contribution in [0.25, 0.3) is 0 Å². The molecule has 1 rings (SSSR count). The Hall–Kier alpha value is -1.10. The molecule has 0 spiro atoms. The molecule has 1 aliphatic heterocycles. The number of carboxylic acids is 1. The molecule has 2 N–H and O–H groups in total. The van der Waals surface area contributed by atoms with Gasteiger partial charge in [-0.3, -0.25) is 14.9 Å². The van der Waals surface area contributed by atoms with E-state index in [0.29, 0.717) is 13.0 Å². The van der Waals surface area contributed by atoms with E-state index in [9.17, 15) is 9.59 Å². The molecule has 0 saturated carbocycles. The van der Waals surface area contributed by atoms with Crippen molar-refractivity contribution in [2.45, 2.75) is 12.5 Å². The molecule has 1 aliphatic rings. The van der Waals surface area contributed by atoms with Crippen LogP contribution in [-0.4, -0.2) is 48.1 Å². The van der Waals surface area contributed by atoms with Crippen LogP contribution in [0.3, 0.4) is 0 Å². The first-order valence-electron chi connectivity index (χ1n) is 3.81. The highest BCUT2D eigenvalue weighted by Gasteiger charge is 2.28. The molecule has 0 aliphatic carbocycles. The van der Waals surface area contributed by atoms with Gasteiger partial charge in [-0.1, -0.05) is 0 Å². The van der Waals surface area contributed by atoms with Gasteiger partial charge in [0.1, 0.15) is 0 Å². The Bertz CT molecular complexity index is 205. The zero-order chi connectivity index (χ0) is 9.14. The highest BCUT2D eigenvalue weighted by molar-refractivity contribution is 5.84. The summed E-state index contributed by atoms with van der Waals surface area (Å²) in [5.74, 6) is -0.950. The molecule has 5 nitrogen and oxygen atoms in total. The first-order valence-corrected chi connectivity index (χ1v) is 3.81. The van der Waals surface area contributed by atoms with Crippen LogP contribution in [0.4, 0.5) is 0 Å². The number of carbonyl (C=O) groups is 2. The Morgan fingerprint density at radius 1 is 1.83 bits per heavy atom. The van der Waals surface area contributed by atoms with Gasteiger partial charge in [0.2, 0.25) is 5.91 Å². The number of likely N-dealkylation sites (tertiary alicyclic amines) is 1. The molecule has 68 valence electrons. The molecule has 1 heterocycles. The SMILES string of the molecule is CN1CCC(NCC(=O)O)C1=O. The number of hydrogen-bond acceptors (Lipinski definition) is 3. The highest BCUT2D eigenvalue weighted by atomic mass is 16.4. The van der Waals surface area contributed by atoms with Crippen LogP contribution in [0.2, 0.25) is 0 Å². The molecule has 1 saturated heterocycles. The van der Waals surface area contributed by atoms with E-state index in [0.717, 1.165) is 0 Å². The predicted octanol–water partition coefficient (Wildman–Crippen LogP) is -1.11. The maximum Gasteiger partial charge on any atom is 0.317 e. The molecular formula is C7H12N2O3. The van der Waals surface area contributed by atoms with Gasteiger partial charge in [0.25, 0.3) is 0 Å². The van der Waals surface area contributed by atoms with Crippen molar-refractivity contribution in [2.24, 2.45) is 0 Å². The van der Waals surface area contributed by atoms with Crippen molar-refractivity contribution < 1.29 is 14.7 Å². The second kappa shape index (κ2) is 3.53. The fourth-order valence-corrected chi connectivity index (χ4v) is 1.22. The minimum Gasteiger partial charge on any atom is -0.480 e. The van der Waals surface area contributed by atoms with Gasteiger partial charge in [0.05, 0.1) is 12.6 Å². The minimum atomic E-state index is -0.933. The van der Waals surface area contributed by atoms with E-state index < -0.39 is 5.97 Å². The van der Waals surface area contributed by atoms with Crippen molar-refractivity contribution in [3.8, 4) is 0 Å². The van der Waals surface area contributed by atoms with Gasteiger partial charge < -0.3 is 10.0 Å². The second-order valence-electron chi connectivity index (χ2n) is 2.88. The quantitative estimate of drug-likeness (QED) is 0.566. The minimum absolute atomic E-state index is 0.0174. The van der Waals surface area contributed by atoms with Crippen molar-refractivity contribution in [2.75, 3.05) is 20.1 Å². The molecule has 5 heteroatoms. The molecular weight excluding hydrogens is 160 g/mol. The van der Waals surface area contributed by atoms with E-state index in [2.05, 4.69) is 5.32 Å². The maximum absolute atomic E-state index is 11.2. The lowest BCUT2D eigenvalue weighted by Crippen LogP contribution is -2.39. The van der Waals surface area contributed by atoms with Crippen LogP contribution in [0.15, 0.2) is 0 Å². The molecule has 0 aromatic rings. The first kappa shape index (κ1) is 8.99. The van der Waals surface area contributed by atoms with Crippen LogP contribution in [-0.2, 0) is 9.59 Å². The van der Waals surface area contributed by atoms with Crippen molar-refractivity contribution in [1.82, 2.24) is 10.2 Å². The largest absolute Gasteiger partial charge is 0.480 e. The maximum atomic E-state index is 11.2. The fourth-order valence-electron chi connectivity index (χ4n) is 1.22. The summed E-state index contributed by atoms with van der Waals surface area (Å²) in [6, 6.07) is -0.300. The average Bonchev–Trinajstić information content (AvgIpc) is 2.30. The number of amides is 1. The molecule has 0 bridgehead atoms.